The van der Waals surface area contributed by atoms with Crippen molar-refractivity contribution in [2.45, 2.75) is 13.8 Å². The zero-order valence-corrected chi connectivity index (χ0v) is 16.7. The van der Waals surface area contributed by atoms with Gasteiger partial charge in [-0.15, -0.1) is 15.3 Å². The van der Waals surface area contributed by atoms with Crippen molar-refractivity contribution in [2.24, 2.45) is 20.5 Å². The van der Waals surface area contributed by atoms with Crippen LogP contribution in [0, 0.1) is 24.0 Å². The maximum Gasteiger partial charge on any atom is 0.296 e. The van der Waals surface area contributed by atoms with E-state index in [1.54, 1.807) is 55.5 Å². The number of hydrogen-bond acceptors (Lipinski definition) is 8. The minimum atomic E-state index is -0.477. The first-order chi connectivity index (χ1) is 14.4. The van der Waals surface area contributed by atoms with E-state index in [-0.39, 0.29) is 11.4 Å². The Hall–Kier alpha value is -4.14. The van der Waals surface area contributed by atoms with Crippen LogP contribution in [0.3, 0.4) is 0 Å². The molecule has 0 aliphatic heterocycles. The third-order valence-corrected chi connectivity index (χ3v) is 4.26. The van der Waals surface area contributed by atoms with Crippen LogP contribution in [0.5, 0.6) is 5.75 Å². The van der Waals surface area contributed by atoms with Crippen LogP contribution < -0.4 is 10.5 Å². The van der Waals surface area contributed by atoms with Crippen molar-refractivity contribution >= 4 is 34.1 Å². The van der Waals surface area contributed by atoms with Crippen molar-refractivity contribution in [3.05, 3.63) is 75.8 Å². The quantitative estimate of drug-likeness (QED) is 0.214. The lowest BCUT2D eigenvalue weighted by Gasteiger charge is -2.07. The van der Waals surface area contributed by atoms with Gasteiger partial charge >= 0.3 is 0 Å². The van der Waals surface area contributed by atoms with Gasteiger partial charge in [0.1, 0.15) is 11.4 Å². The second-order valence-corrected chi connectivity index (χ2v) is 6.55. The molecule has 3 rings (SSSR count). The molecule has 0 amide bonds. The standard InChI is InChI=1S/C21H20N6O3/c1-13-4-9-17(20(10-13)27(28)29)24-25-18-12-21(30-3)19(11-14(18)2)26-23-16-7-5-15(22)6-8-16/h4-12H,22H2,1-3H3. The van der Waals surface area contributed by atoms with Gasteiger partial charge in [0.05, 0.1) is 23.4 Å². The van der Waals surface area contributed by atoms with Crippen LogP contribution >= 0.6 is 0 Å². The summed E-state index contributed by atoms with van der Waals surface area (Å²) in [4.78, 5) is 10.8. The first kappa shape index (κ1) is 20.6. The number of azo groups is 2. The first-order valence-corrected chi connectivity index (χ1v) is 9.00. The summed E-state index contributed by atoms with van der Waals surface area (Å²) in [6, 6.07) is 15.2. The Bertz CT molecular complexity index is 1140. The molecule has 0 fully saturated rings. The molecule has 30 heavy (non-hydrogen) atoms. The lowest BCUT2D eigenvalue weighted by atomic mass is 10.1. The Kier molecular flexibility index (Phi) is 6.11. The molecule has 0 aliphatic carbocycles. The molecule has 0 atom stereocenters. The minimum Gasteiger partial charge on any atom is -0.494 e. The Morgan fingerprint density at radius 2 is 1.53 bits per heavy atom. The molecule has 0 aromatic heterocycles. The number of nitro groups is 1. The predicted octanol–water partition coefficient (Wildman–Crippen LogP) is 6.63. The summed E-state index contributed by atoms with van der Waals surface area (Å²) in [5.74, 6) is 0.451. The molecule has 9 nitrogen and oxygen atoms in total. The van der Waals surface area contributed by atoms with Gasteiger partial charge in [-0.25, -0.2) is 0 Å². The van der Waals surface area contributed by atoms with E-state index in [4.69, 9.17) is 10.5 Å². The van der Waals surface area contributed by atoms with Crippen molar-refractivity contribution < 1.29 is 9.66 Å². The topological polar surface area (TPSA) is 128 Å². The van der Waals surface area contributed by atoms with E-state index < -0.39 is 4.92 Å². The van der Waals surface area contributed by atoms with Gasteiger partial charge in [0.15, 0.2) is 5.69 Å². The molecule has 0 bridgehead atoms. The maximum atomic E-state index is 11.3. The summed E-state index contributed by atoms with van der Waals surface area (Å²) in [5.41, 5.74) is 9.61. The molecule has 152 valence electrons. The molecule has 3 aromatic carbocycles. The molecule has 0 saturated carbocycles. The molecular weight excluding hydrogens is 384 g/mol. The third-order valence-electron chi connectivity index (χ3n) is 4.26. The molecule has 0 aliphatic rings. The average molecular weight is 404 g/mol. The number of rotatable bonds is 6. The van der Waals surface area contributed by atoms with Gasteiger partial charge in [-0.1, -0.05) is 6.07 Å². The lowest BCUT2D eigenvalue weighted by Crippen LogP contribution is -1.89. The van der Waals surface area contributed by atoms with Crippen molar-refractivity contribution in [2.75, 3.05) is 12.8 Å². The number of benzene rings is 3. The number of methoxy groups -OCH3 is 1. The minimum absolute atomic E-state index is 0.0997. The van der Waals surface area contributed by atoms with Gasteiger partial charge in [-0.3, -0.25) is 10.1 Å². The van der Waals surface area contributed by atoms with Crippen LogP contribution in [-0.4, -0.2) is 12.0 Å². The summed E-state index contributed by atoms with van der Waals surface area (Å²) in [6.07, 6.45) is 0. The van der Waals surface area contributed by atoms with E-state index >= 15 is 0 Å². The van der Waals surface area contributed by atoms with Gasteiger partial charge in [0.2, 0.25) is 0 Å². The van der Waals surface area contributed by atoms with Crippen LogP contribution in [0.25, 0.3) is 0 Å². The van der Waals surface area contributed by atoms with E-state index in [2.05, 4.69) is 20.5 Å². The van der Waals surface area contributed by atoms with Gasteiger partial charge in [0.25, 0.3) is 5.69 Å². The Balaban J connectivity index is 1.92. The summed E-state index contributed by atoms with van der Waals surface area (Å²) in [6.45, 7) is 3.61. The predicted molar refractivity (Wildman–Crippen MR) is 115 cm³/mol. The van der Waals surface area contributed by atoms with Crippen LogP contribution in [0.15, 0.2) is 75.1 Å². The molecule has 0 saturated heterocycles. The first-order valence-electron chi connectivity index (χ1n) is 9.00. The lowest BCUT2D eigenvalue weighted by molar-refractivity contribution is -0.384. The van der Waals surface area contributed by atoms with Gasteiger partial charge in [-0.2, -0.15) is 5.11 Å². The van der Waals surface area contributed by atoms with E-state index in [0.717, 1.165) is 11.1 Å². The second kappa shape index (κ2) is 8.91. The highest BCUT2D eigenvalue weighted by Gasteiger charge is 2.14. The van der Waals surface area contributed by atoms with Crippen LogP contribution in [-0.2, 0) is 0 Å². The van der Waals surface area contributed by atoms with Gasteiger partial charge in [0, 0.05) is 17.8 Å². The number of hydrogen-bond donors (Lipinski definition) is 1. The number of aryl methyl sites for hydroxylation is 2. The zero-order chi connectivity index (χ0) is 21.7. The Labute approximate surface area is 173 Å². The summed E-state index contributed by atoms with van der Waals surface area (Å²) >= 11 is 0. The van der Waals surface area contributed by atoms with E-state index in [9.17, 15) is 10.1 Å². The number of ether oxygens (including phenoxy) is 1. The Morgan fingerprint density at radius 3 is 2.20 bits per heavy atom. The normalized spacial score (nSPS) is 11.3. The monoisotopic (exact) mass is 404 g/mol. The van der Waals surface area contributed by atoms with E-state index in [1.165, 1.54) is 13.2 Å². The maximum absolute atomic E-state index is 11.3. The highest BCUT2D eigenvalue weighted by molar-refractivity contribution is 5.64. The third kappa shape index (κ3) is 4.82. The molecule has 2 N–H and O–H groups in total. The largest absolute Gasteiger partial charge is 0.494 e. The van der Waals surface area contributed by atoms with Gasteiger partial charge in [-0.05, 0) is 61.4 Å². The van der Waals surface area contributed by atoms with Crippen molar-refractivity contribution in [3.63, 3.8) is 0 Å². The molecule has 0 heterocycles. The number of nitrogen functional groups attached to an aromatic ring is 1. The number of nitro benzene ring substituents is 1. The zero-order valence-electron chi connectivity index (χ0n) is 16.7. The Morgan fingerprint density at radius 1 is 0.867 bits per heavy atom. The summed E-state index contributed by atoms with van der Waals surface area (Å²) in [7, 11) is 1.51. The summed E-state index contributed by atoms with van der Waals surface area (Å²) < 4.78 is 5.39. The van der Waals surface area contributed by atoms with Gasteiger partial charge < -0.3 is 10.5 Å². The van der Waals surface area contributed by atoms with Crippen LogP contribution in [0.1, 0.15) is 11.1 Å². The van der Waals surface area contributed by atoms with Crippen LogP contribution in [0.4, 0.5) is 34.1 Å². The SMILES string of the molecule is COc1cc(N=Nc2ccc(C)cc2[N+](=O)[O-])c(C)cc1N=Nc1ccc(N)cc1. The highest BCUT2D eigenvalue weighted by atomic mass is 16.6. The second-order valence-electron chi connectivity index (χ2n) is 6.55. The average Bonchev–Trinajstić information content (AvgIpc) is 2.73. The fourth-order valence-electron chi connectivity index (χ4n) is 2.64. The smallest absolute Gasteiger partial charge is 0.296 e. The molecular formula is C21H20N6O3. The van der Waals surface area contributed by atoms with Crippen molar-refractivity contribution in [1.29, 1.82) is 0 Å². The van der Waals surface area contributed by atoms with Crippen molar-refractivity contribution in [1.82, 2.24) is 0 Å². The summed E-state index contributed by atoms with van der Waals surface area (Å²) in [5, 5.41) is 27.9. The fraction of sp³-hybridized carbons (Fsp3) is 0.143. The fourth-order valence-corrected chi connectivity index (χ4v) is 2.64. The highest BCUT2D eigenvalue weighted by Crippen LogP contribution is 2.37. The van der Waals surface area contributed by atoms with E-state index in [1.807, 2.05) is 6.92 Å². The molecule has 3 aromatic rings. The molecule has 0 spiro atoms. The van der Waals surface area contributed by atoms with Crippen molar-refractivity contribution in [3.8, 4) is 5.75 Å². The molecule has 9 heteroatoms. The number of anilines is 1. The number of nitrogens with zero attached hydrogens (tertiary/aromatic N) is 5. The molecule has 0 radical (unpaired) electrons. The van der Waals surface area contributed by atoms with Crippen LogP contribution in [0.2, 0.25) is 0 Å². The number of nitrogens with two attached hydrogens (primary N) is 1. The molecule has 0 unspecified atom stereocenters. The van der Waals surface area contributed by atoms with E-state index in [0.29, 0.717) is 28.5 Å².